The summed E-state index contributed by atoms with van der Waals surface area (Å²) in [6, 6.07) is 10.8. The van der Waals surface area contributed by atoms with Crippen molar-refractivity contribution in [3.63, 3.8) is 0 Å². The predicted octanol–water partition coefficient (Wildman–Crippen LogP) is 1.79. The second-order valence-electron chi connectivity index (χ2n) is 6.57. The van der Waals surface area contributed by atoms with Crippen LogP contribution in [0, 0.1) is 6.92 Å². The van der Waals surface area contributed by atoms with Gasteiger partial charge in [-0.2, -0.15) is 0 Å². The Hall–Kier alpha value is -2.13. The summed E-state index contributed by atoms with van der Waals surface area (Å²) in [5, 5.41) is 32.0. The molecule has 5 N–H and O–H groups in total. The van der Waals surface area contributed by atoms with E-state index in [2.05, 4.69) is 10.0 Å². The van der Waals surface area contributed by atoms with Crippen molar-refractivity contribution >= 4 is 10.0 Å². The van der Waals surface area contributed by atoms with Gasteiger partial charge < -0.3 is 20.6 Å². The molecule has 148 valence electrons. The Bertz CT molecular complexity index is 853. The largest absolute Gasteiger partial charge is 0.504 e. The maximum Gasteiger partial charge on any atom is 0.240 e. The molecule has 0 aromatic heterocycles. The fourth-order valence-corrected chi connectivity index (χ4v) is 3.54. The quantitative estimate of drug-likeness (QED) is 0.414. The Kier molecular flexibility index (Phi) is 7.20. The van der Waals surface area contributed by atoms with Gasteiger partial charge >= 0.3 is 0 Å². The number of rotatable bonds is 9. The zero-order valence-electron chi connectivity index (χ0n) is 15.4. The maximum absolute atomic E-state index is 12.2. The van der Waals surface area contributed by atoms with Crippen molar-refractivity contribution in [2.75, 3.05) is 13.1 Å². The highest BCUT2D eigenvalue weighted by molar-refractivity contribution is 7.89. The number of aliphatic hydroxyl groups is 1. The summed E-state index contributed by atoms with van der Waals surface area (Å²) in [6.45, 7) is 4.28. The second-order valence-corrected chi connectivity index (χ2v) is 8.34. The summed E-state index contributed by atoms with van der Waals surface area (Å²) in [6.07, 6.45) is -0.318. The van der Waals surface area contributed by atoms with Crippen LogP contribution in [0.1, 0.15) is 30.6 Å². The summed E-state index contributed by atoms with van der Waals surface area (Å²) < 4.78 is 27.0. The highest BCUT2D eigenvalue weighted by Gasteiger charge is 2.15. The van der Waals surface area contributed by atoms with E-state index in [1.807, 2.05) is 13.8 Å². The van der Waals surface area contributed by atoms with E-state index >= 15 is 0 Å². The highest BCUT2D eigenvalue weighted by Crippen LogP contribution is 2.27. The summed E-state index contributed by atoms with van der Waals surface area (Å²) in [7, 11) is -3.53. The number of hydrogen-bond acceptors (Lipinski definition) is 6. The van der Waals surface area contributed by atoms with Crippen LogP contribution in [-0.2, 0) is 10.0 Å². The molecule has 0 aliphatic carbocycles. The fraction of sp³-hybridized carbons (Fsp3) is 0.368. The Morgan fingerprint density at radius 2 is 1.70 bits per heavy atom. The number of nitrogens with one attached hydrogen (secondary N) is 2. The van der Waals surface area contributed by atoms with Crippen LogP contribution in [0.3, 0.4) is 0 Å². The molecular formula is C19H26N2O5S. The van der Waals surface area contributed by atoms with Crippen LogP contribution in [0.4, 0.5) is 0 Å². The number of hydrogen-bond donors (Lipinski definition) is 5. The number of sulfonamides is 1. The van der Waals surface area contributed by atoms with Crippen molar-refractivity contribution in [2.24, 2.45) is 0 Å². The van der Waals surface area contributed by atoms with Crippen LogP contribution in [0.2, 0.25) is 0 Å². The lowest BCUT2D eigenvalue weighted by molar-refractivity contribution is 0.169. The number of benzene rings is 2. The summed E-state index contributed by atoms with van der Waals surface area (Å²) in [5.41, 5.74) is 1.47. The molecule has 8 heteroatoms. The van der Waals surface area contributed by atoms with Crippen LogP contribution < -0.4 is 10.0 Å². The molecule has 2 aromatic rings. The first-order valence-corrected chi connectivity index (χ1v) is 10.2. The molecule has 2 atom stereocenters. The zero-order chi connectivity index (χ0) is 20.0. The van der Waals surface area contributed by atoms with Gasteiger partial charge in [0.25, 0.3) is 0 Å². The standard InChI is InChI=1S/C19H26N2O5S/c1-13-3-6-16(7-4-13)27(25,26)21-10-9-14(2)20-12-19(24)15-5-8-17(22)18(23)11-15/h3-8,11,14,19-24H,9-10,12H2,1-2H3. The molecule has 0 bridgehead atoms. The molecule has 2 aromatic carbocycles. The molecule has 0 saturated heterocycles. The summed E-state index contributed by atoms with van der Waals surface area (Å²) in [4.78, 5) is 0.233. The van der Waals surface area contributed by atoms with Gasteiger partial charge in [0.05, 0.1) is 11.0 Å². The van der Waals surface area contributed by atoms with Gasteiger partial charge in [-0.15, -0.1) is 0 Å². The number of aryl methyl sites for hydroxylation is 1. The average Bonchev–Trinajstić information content (AvgIpc) is 2.62. The van der Waals surface area contributed by atoms with E-state index in [-0.39, 0.29) is 35.5 Å². The van der Waals surface area contributed by atoms with Crippen molar-refractivity contribution in [2.45, 2.75) is 37.3 Å². The van der Waals surface area contributed by atoms with Crippen molar-refractivity contribution in [1.29, 1.82) is 0 Å². The van der Waals surface area contributed by atoms with Crippen LogP contribution in [0.15, 0.2) is 47.4 Å². The third-order valence-electron chi connectivity index (χ3n) is 4.24. The SMILES string of the molecule is Cc1ccc(S(=O)(=O)NCCC(C)NCC(O)c2ccc(O)c(O)c2)cc1. The molecule has 0 amide bonds. The van der Waals surface area contributed by atoms with Crippen LogP contribution in [0.25, 0.3) is 0 Å². The van der Waals surface area contributed by atoms with Gasteiger partial charge in [-0.25, -0.2) is 13.1 Å². The number of phenols is 2. The lowest BCUT2D eigenvalue weighted by atomic mass is 10.1. The van der Waals surface area contributed by atoms with E-state index < -0.39 is 16.1 Å². The van der Waals surface area contributed by atoms with Crippen molar-refractivity contribution in [3.05, 3.63) is 53.6 Å². The zero-order valence-corrected chi connectivity index (χ0v) is 16.2. The van der Waals surface area contributed by atoms with Crippen molar-refractivity contribution < 1.29 is 23.7 Å². The summed E-state index contributed by atoms with van der Waals surface area (Å²) in [5.74, 6) is -0.529. The smallest absolute Gasteiger partial charge is 0.240 e. The molecular weight excluding hydrogens is 368 g/mol. The summed E-state index contributed by atoms with van der Waals surface area (Å²) >= 11 is 0. The highest BCUT2D eigenvalue weighted by atomic mass is 32.2. The monoisotopic (exact) mass is 394 g/mol. The normalized spacial score (nSPS) is 14.0. The van der Waals surface area contributed by atoms with Gasteiger partial charge in [0.2, 0.25) is 10.0 Å². The molecule has 0 radical (unpaired) electrons. The molecule has 0 aliphatic rings. The van der Waals surface area contributed by atoms with Crippen LogP contribution in [-0.4, -0.2) is 42.9 Å². The third-order valence-corrected chi connectivity index (χ3v) is 5.72. The number of aromatic hydroxyl groups is 2. The molecule has 0 fully saturated rings. The maximum atomic E-state index is 12.2. The molecule has 2 unspecified atom stereocenters. The first-order valence-electron chi connectivity index (χ1n) is 8.68. The van der Waals surface area contributed by atoms with E-state index in [1.54, 1.807) is 24.3 Å². The minimum absolute atomic E-state index is 0.0360. The van der Waals surface area contributed by atoms with E-state index in [4.69, 9.17) is 0 Å². The third kappa shape index (κ3) is 6.21. The van der Waals surface area contributed by atoms with E-state index in [0.29, 0.717) is 12.0 Å². The Labute approximate surface area is 159 Å². The van der Waals surface area contributed by atoms with Crippen LogP contribution >= 0.6 is 0 Å². The fourth-order valence-electron chi connectivity index (χ4n) is 2.49. The van der Waals surface area contributed by atoms with Crippen molar-refractivity contribution in [1.82, 2.24) is 10.0 Å². The minimum atomic E-state index is -3.53. The van der Waals surface area contributed by atoms with Crippen molar-refractivity contribution in [3.8, 4) is 11.5 Å². The second kappa shape index (κ2) is 9.18. The van der Waals surface area contributed by atoms with Gasteiger partial charge in [-0.05, 0) is 50.1 Å². The molecule has 27 heavy (non-hydrogen) atoms. The minimum Gasteiger partial charge on any atom is -0.504 e. The first-order chi connectivity index (χ1) is 12.7. The van der Waals surface area contributed by atoms with Gasteiger partial charge in [-0.1, -0.05) is 23.8 Å². The molecule has 0 aliphatic heterocycles. The van der Waals surface area contributed by atoms with E-state index in [0.717, 1.165) is 5.56 Å². The number of phenolic OH excluding ortho intramolecular Hbond substituents is 2. The van der Waals surface area contributed by atoms with Gasteiger partial charge in [-0.3, -0.25) is 0 Å². The molecule has 0 spiro atoms. The molecule has 7 nitrogen and oxygen atoms in total. The predicted molar refractivity (Wildman–Crippen MR) is 103 cm³/mol. The van der Waals surface area contributed by atoms with Crippen LogP contribution in [0.5, 0.6) is 11.5 Å². The van der Waals surface area contributed by atoms with Gasteiger partial charge in [0, 0.05) is 19.1 Å². The van der Waals surface area contributed by atoms with Gasteiger partial charge in [0.15, 0.2) is 11.5 Å². The lowest BCUT2D eigenvalue weighted by Gasteiger charge is -2.18. The van der Waals surface area contributed by atoms with Gasteiger partial charge in [0.1, 0.15) is 0 Å². The molecule has 0 heterocycles. The van der Waals surface area contributed by atoms with E-state index in [1.165, 1.54) is 18.2 Å². The molecule has 0 saturated carbocycles. The first kappa shape index (κ1) is 21.2. The Morgan fingerprint density at radius 3 is 2.33 bits per heavy atom. The van der Waals surface area contributed by atoms with E-state index in [9.17, 15) is 23.7 Å². The molecule has 2 rings (SSSR count). The Morgan fingerprint density at radius 1 is 1.04 bits per heavy atom. The Balaban J connectivity index is 1.78. The number of aliphatic hydroxyl groups excluding tert-OH is 1. The topological polar surface area (TPSA) is 119 Å². The lowest BCUT2D eigenvalue weighted by Crippen LogP contribution is -2.34. The average molecular weight is 394 g/mol.